The van der Waals surface area contributed by atoms with Crippen molar-refractivity contribution in [1.82, 2.24) is 14.2 Å². The van der Waals surface area contributed by atoms with Crippen molar-refractivity contribution in [2.45, 2.75) is 13.5 Å². The molecule has 0 aliphatic carbocycles. The van der Waals surface area contributed by atoms with Gasteiger partial charge in [0.1, 0.15) is 5.82 Å². The highest BCUT2D eigenvalue weighted by molar-refractivity contribution is 7.89. The molecule has 3 N–H and O–H groups in total. The Balaban J connectivity index is 1.79. The van der Waals surface area contributed by atoms with E-state index in [0.29, 0.717) is 25.5 Å². The number of pyridine rings is 1. The quantitative estimate of drug-likeness (QED) is 0.754. The minimum Gasteiger partial charge on any atom is -0.481 e. The maximum atomic E-state index is 12.1. The second kappa shape index (κ2) is 5.98. The Morgan fingerprint density at radius 1 is 1.46 bits per heavy atom. The molecule has 1 aromatic rings. The Hall–Kier alpha value is -1.71. The van der Waals surface area contributed by atoms with Crippen LogP contribution in [-0.4, -0.2) is 65.6 Å². The number of aromatic nitrogens is 1. The third-order valence-electron chi connectivity index (χ3n) is 5.15. The first kappa shape index (κ1) is 17.1. The number of carbonyl (C=O) groups is 1. The molecule has 2 fully saturated rings. The third kappa shape index (κ3) is 2.76. The second-order valence-electron chi connectivity index (χ2n) is 6.57. The van der Waals surface area contributed by atoms with Crippen LogP contribution in [0.4, 0.5) is 5.82 Å². The van der Waals surface area contributed by atoms with Crippen LogP contribution in [0.25, 0.3) is 0 Å². The number of anilines is 1. The van der Waals surface area contributed by atoms with Gasteiger partial charge in [-0.15, -0.1) is 0 Å². The minimum absolute atomic E-state index is 0.00858. The van der Waals surface area contributed by atoms with E-state index >= 15 is 0 Å². The average molecular weight is 354 g/mol. The van der Waals surface area contributed by atoms with Crippen molar-refractivity contribution in [1.29, 1.82) is 0 Å². The molecule has 1 aromatic heterocycles. The molecule has 3 heterocycles. The van der Waals surface area contributed by atoms with Crippen molar-refractivity contribution in [3.05, 3.63) is 23.9 Å². The summed E-state index contributed by atoms with van der Waals surface area (Å²) >= 11 is 0. The first-order valence-electron chi connectivity index (χ1n) is 7.91. The summed E-state index contributed by atoms with van der Waals surface area (Å²) in [5.74, 6) is -0.711. The number of hydrogen-bond donors (Lipinski definition) is 2. The van der Waals surface area contributed by atoms with Crippen LogP contribution in [0.15, 0.2) is 18.3 Å². The lowest BCUT2D eigenvalue weighted by atomic mass is 9.81. The fourth-order valence-electron chi connectivity index (χ4n) is 3.77. The van der Waals surface area contributed by atoms with Crippen LogP contribution in [0.1, 0.15) is 12.5 Å². The Morgan fingerprint density at radius 3 is 2.79 bits per heavy atom. The number of likely N-dealkylation sites (tertiary alicyclic amines) is 1. The van der Waals surface area contributed by atoms with E-state index < -0.39 is 21.4 Å². The lowest BCUT2D eigenvalue weighted by molar-refractivity contribution is -0.148. The number of nitrogens with zero attached hydrogens (tertiary/aromatic N) is 3. The van der Waals surface area contributed by atoms with Gasteiger partial charge in [-0.2, -0.15) is 0 Å². The lowest BCUT2D eigenvalue weighted by Crippen LogP contribution is -2.42. The Labute approximate surface area is 141 Å². The zero-order valence-electron chi connectivity index (χ0n) is 13.6. The fraction of sp³-hybridized carbons (Fsp3) is 0.600. The van der Waals surface area contributed by atoms with Crippen LogP contribution in [0.5, 0.6) is 0 Å². The van der Waals surface area contributed by atoms with Crippen LogP contribution in [-0.2, 0) is 21.4 Å². The lowest BCUT2D eigenvalue weighted by Gasteiger charge is -2.25. The molecular weight excluding hydrogens is 332 g/mol. The summed E-state index contributed by atoms with van der Waals surface area (Å²) in [6.07, 6.45) is 1.61. The van der Waals surface area contributed by atoms with Crippen molar-refractivity contribution >= 4 is 21.8 Å². The Morgan fingerprint density at radius 2 is 2.21 bits per heavy atom. The summed E-state index contributed by atoms with van der Waals surface area (Å²) in [5.41, 5.74) is 5.68. The number of rotatable bonds is 5. The first-order chi connectivity index (χ1) is 11.3. The molecule has 0 spiro atoms. The molecular formula is C15H22N4O4S. The van der Waals surface area contributed by atoms with E-state index in [9.17, 15) is 18.3 Å². The zero-order valence-corrected chi connectivity index (χ0v) is 14.4. The monoisotopic (exact) mass is 354 g/mol. The first-order valence-corrected chi connectivity index (χ1v) is 9.52. The molecule has 2 aliphatic rings. The largest absolute Gasteiger partial charge is 0.481 e. The molecule has 8 nitrogen and oxygen atoms in total. The predicted octanol–water partition coefficient (Wildman–Crippen LogP) is -0.168. The number of carboxylic acid groups (broad SMARTS) is 1. The van der Waals surface area contributed by atoms with Gasteiger partial charge in [0.25, 0.3) is 0 Å². The van der Waals surface area contributed by atoms with Crippen LogP contribution < -0.4 is 5.73 Å². The average Bonchev–Trinajstić information content (AvgIpc) is 3.05. The Bertz CT molecular complexity index is 754. The van der Waals surface area contributed by atoms with Gasteiger partial charge in [0.05, 0.1) is 11.2 Å². The van der Waals surface area contributed by atoms with Crippen LogP contribution in [0, 0.1) is 11.3 Å². The van der Waals surface area contributed by atoms with Gasteiger partial charge in [-0.3, -0.25) is 9.69 Å². The zero-order chi connectivity index (χ0) is 17.5. The highest BCUT2D eigenvalue weighted by atomic mass is 32.2. The van der Waals surface area contributed by atoms with E-state index in [2.05, 4.69) is 4.98 Å². The SMILES string of the molecule is CCS(=O)(=O)N1C[C@H]2CN(Cc3cccnc3N)C[C@@]2(C(=O)O)C1. The molecule has 2 saturated heterocycles. The van der Waals surface area contributed by atoms with Gasteiger partial charge in [0.15, 0.2) is 0 Å². The van der Waals surface area contributed by atoms with Gasteiger partial charge >= 0.3 is 5.97 Å². The number of nitrogen functional groups attached to an aromatic ring is 1. The topological polar surface area (TPSA) is 117 Å². The summed E-state index contributed by atoms with van der Waals surface area (Å²) in [4.78, 5) is 18.0. The maximum absolute atomic E-state index is 12.1. The fourth-order valence-corrected chi connectivity index (χ4v) is 4.97. The summed E-state index contributed by atoms with van der Waals surface area (Å²) < 4.78 is 25.6. The molecule has 9 heteroatoms. The van der Waals surface area contributed by atoms with E-state index in [1.807, 2.05) is 11.0 Å². The van der Waals surface area contributed by atoms with Gasteiger partial charge in [-0.05, 0) is 13.0 Å². The van der Waals surface area contributed by atoms with Crippen LogP contribution in [0.3, 0.4) is 0 Å². The minimum atomic E-state index is -3.37. The summed E-state index contributed by atoms with van der Waals surface area (Å²) in [7, 11) is -3.37. The van der Waals surface area contributed by atoms with Crippen LogP contribution >= 0.6 is 0 Å². The second-order valence-corrected chi connectivity index (χ2v) is 8.83. The van der Waals surface area contributed by atoms with Gasteiger partial charge in [-0.1, -0.05) is 6.07 Å². The maximum Gasteiger partial charge on any atom is 0.312 e. The van der Waals surface area contributed by atoms with E-state index in [4.69, 9.17) is 5.73 Å². The predicted molar refractivity (Wildman–Crippen MR) is 88.5 cm³/mol. The third-order valence-corrected chi connectivity index (χ3v) is 6.95. The highest BCUT2D eigenvalue weighted by Crippen LogP contribution is 2.44. The van der Waals surface area contributed by atoms with Crippen molar-refractivity contribution < 1.29 is 18.3 Å². The Kier molecular flexibility index (Phi) is 4.27. The van der Waals surface area contributed by atoms with Crippen molar-refractivity contribution in [2.75, 3.05) is 37.7 Å². The van der Waals surface area contributed by atoms with Gasteiger partial charge in [0, 0.05) is 50.4 Å². The molecule has 2 aliphatic heterocycles. The summed E-state index contributed by atoms with van der Waals surface area (Å²) in [6.45, 7) is 3.26. The number of fused-ring (bicyclic) bond motifs is 1. The van der Waals surface area contributed by atoms with Gasteiger partial charge in [-0.25, -0.2) is 17.7 Å². The van der Waals surface area contributed by atoms with E-state index in [1.165, 1.54) is 4.31 Å². The van der Waals surface area contributed by atoms with Gasteiger partial charge < -0.3 is 10.8 Å². The molecule has 0 bridgehead atoms. The molecule has 0 unspecified atom stereocenters. The highest BCUT2D eigenvalue weighted by Gasteiger charge is 2.59. The van der Waals surface area contributed by atoms with Gasteiger partial charge in [0.2, 0.25) is 10.0 Å². The molecule has 0 amide bonds. The number of carboxylic acids is 1. The number of hydrogen-bond acceptors (Lipinski definition) is 6. The number of sulfonamides is 1. The molecule has 3 rings (SSSR count). The molecule has 132 valence electrons. The van der Waals surface area contributed by atoms with Crippen molar-refractivity contribution in [3.63, 3.8) is 0 Å². The normalized spacial score (nSPS) is 28.1. The number of aliphatic carboxylic acids is 1. The number of nitrogens with two attached hydrogens (primary N) is 1. The van der Waals surface area contributed by atoms with E-state index in [0.717, 1.165) is 5.56 Å². The summed E-state index contributed by atoms with van der Waals surface area (Å²) in [6, 6.07) is 3.67. The van der Waals surface area contributed by atoms with E-state index in [-0.39, 0.29) is 24.8 Å². The summed E-state index contributed by atoms with van der Waals surface area (Å²) in [5, 5.41) is 9.78. The van der Waals surface area contributed by atoms with Crippen LogP contribution in [0.2, 0.25) is 0 Å². The smallest absolute Gasteiger partial charge is 0.312 e. The van der Waals surface area contributed by atoms with Crippen molar-refractivity contribution in [2.24, 2.45) is 11.3 Å². The molecule has 2 atom stereocenters. The molecule has 0 radical (unpaired) electrons. The molecule has 24 heavy (non-hydrogen) atoms. The molecule has 0 aromatic carbocycles. The molecule has 0 saturated carbocycles. The van der Waals surface area contributed by atoms with E-state index in [1.54, 1.807) is 19.2 Å². The van der Waals surface area contributed by atoms with Crippen molar-refractivity contribution in [3.8, 4) is 0 Å². The standard InChI is InChI=1S/C15H22N4O4S/c1-2-24(22,23)19-8-12-7-18(9-15(12,10-19)14(20)21)6-11-4-3-5-17-13(11)16/h3-5,12H,2,6-10H2,1H3,(H2,16,17)(H,20,21)/t12-,15-/m1/s1.